The summed E-state index contributed by atoms with van der Waals surface area (Å²) in [4.78, 5) is 14.4. The van der Waals surface area contributed by atoms with Crippen LogP contribution in [0.4, 0.5) is 0 Å². The smallest absolute Gasteiger partial charge is 0.176 e. The highest BCUT2D eigenvalue weighted by atomic mass is 16.5. The second-order valence-corrected chi connectivity index (χ2v) is 5.29. The highest BCUT2D eigenvalue weighted by Crippen LogP contribution is 2.17. The molecular weight excluding hydrogens is 252 g/mol. The lowest BCUT2D eigenvalue weighted by atomic mass is 9.97. The number of ether oxygens (including phenoxy) is 1. The third-order valence-corrected chi connectivity index (χ3v) is 3.81. The fraction of sp³-hybridized carbons (Fsp3) is 0.500. The van der Waals surface area contributed by atoms with Gasteiger partial charge in [0.2, 0.25) is 0 Å². The molecule has 4 heteroatoms. The molecule has 0 saturated carbocycles. The first-order chi connectivity index (χ1) is 9.72. The molecule has 0 amide bonds. The van der Waals surface area contributed by atoms with Crippen molar-refractivity contribution in [1.82, 2.24) is 4.90 Å². The summed E-state index contributed by atoms with van der Waals surface area (Å²) in [6.07, 6.45) is 2.18. The minimum absolute atomic E-state index is 0.125. The molecule has 20 heavy (non-hydrogen) atoms. The summed E-state index contributed by atoms with van der Waals surface area (Å²) in [7, 11) is 1.74. The Labute approximate surface area is 120 Å². The Balaban J connectivity index is 1.84. The fourth-order valence-electron chi connectivity index (χ4n) is 2.57. The SMILES string of the molecule is COCC1CCN(CC(=O)c2ccc(C#N)cc2)CC1. The molecule has 4 nitrogen and oxygen atoms in total. The maximum atomic E-state index is 12.2. The Bertz CT molecular complexity index is 482. The number of benzene rings is 1. The lowest BCUT2D eigenvalue weighted by molar-refractivity contribution is 0.0810. The highest BCUT2D eigenvalue weighted by molar-refractivity contribution is 5.97. The summed E-state index contributed by atoms with van der Waals surface area (Å²) in [5.74, 6) is 0.751. The third-order valence-electron chi connectivity index (χ3n) is 3.81. The molecule has 0 bridgehead atoms. The first kappa shape index (κ1) is 14.7. The molecule has 1 heterocycles. The first-order valence-corrected chi connectivity index (χ1v) is 6.97. The number of ketones is 1. The Morgan fingerprint density at radius 2 is 2.00 bits per heavy atom. The van der Waals surface area contributed by atoms with Crippen LogP contribution in [0.15, 0.2) is 24.3 Å². The number of carbonyl (C=O) groups excluding carboxylic acids is 1. The molecule has 0 spiro atoms. The predicted molar refractivity (Wildman–Crippen MR) is 76.5 cm³/mol. The average Bonchev–Trinajstić information content (AvgIpc) is 2.49. The number of piperidine rings is 1. The van der Waals surface area contributed by atoms with Gasteiger partial charge in [0.05, 0.1) is 18.2 Å². The van der Waals surface area contributed by atoms with E-state index in [1.54, 1.807) is 31.4 Å². The molecule has 0 aromatic heterocycles. The fourth-order valence-corrected chi connectivity index (χ4v) is 2.57. The van der Waals surface area contributed by atoms with Crippen LogP contribution in [0.5, 0.6) is 0 Å². The van der Waals surface area contributed by atoms with Crippen molar-refractivity contribution in [2.45, 2.75) is 12.8 Å². The highest BCUT2D eigenvalue weighted by Gasteiger charge is 2.21. The van der Waals surface area contributed by atoms with Crippen LogP contribution in [0, 0.1) is 17.2 Å². The number of carbonyl (C=O) groups is 1. The summed E-state index contributed by atoms with van der Waals surface area (Å²) in [5.41, 5.74) is 1.27. The normalized spacial score (nSPS) is 16.8. The van der Waals surface area contributed by atoms with E-state index in [2.05, 4.69) is 11.0 Å². The van der Waals surface area contributed by atoms with Crippen molar-refractivity contribution < 1.29 is 9.53 Å². The largest absolute Gasteiger partial charge is 0.384 e. The Morgan fingerprint density at radius 3 is 2.55 bits per heavy atom. The molecule has 1 saturated heterocycles. The van der Waals surface area contributed by atoms with Gasteiger partial charge in [0.25, 0.3) is 0 Å². The van der Waals surface area contributed by atoms with E-state index in [4.69, 9.17) is 10.00 Å². The van der Waals surface area contributed by atoms with Crippen LogP contribution in [-0.2, 0) is 4.74 Å². The number of likely N-dealkylation sites (tertiary alicyclic amines) is 1. The number of rotatable bonds is 5. The summed E-state index contributed by atoms with van der Waals surface area (Å²) >= 11 is 0. The van der Waals surface area contributed by atoms with Gasteiger partial charge < -0.3 is 4.74 Å². The molecule has 1 fully saturated rings. The van der Waals surface area contributed by atoms with E-state index in [9.17, 15) is 4.79 Å². The maximum Gasteiger partial charge on any atom is 0.176 e. The number of Topliss-reactive ketones (excluding diaryl/α,β-unsaturated/α-hetero) is 1. The molecule has 0 unspecified atom stereocenters. The van der Waals surface area contributed by atoms with E-state index in [1.807, 2.05) is 0 Å². The van der Waals surface area contributed by atoms with E-state index in [-0.39, 0.29) is 5.78 Å². The van der Waals surface area contributed by atoms with Gasteiger partial charge >= 0.3 is 0 Å². The van der Waals surface area contributed by atoms with Crippen LogP contribution in [0.1, 0.15) is 28.8 Å². The molecule has 1 aromatic carbocycles. The van der Waals surface area contributed by atoms with Crippen LogP contribution < -0.4 is 0 Å². The molecule has 0 radical (unpaired) electrons. The van der Waals surface area contributed by atoms with Gasteiger partial charge in [0, 0.05) is 19.3 Å². The van der Waals surface area contributed by atoms with Crippen molar-refractivity contribution >= 4 is 5.78 Å². The van der Waals surface area contributed by atoms with Crippen LogP contribution >= 0.6 is 0 Å². The maximum absolute atomic E-state index is 12.2. The van der Waals surface area contributed by atoms with E-state index >= 15 is 0 Å². The summed E-state index contributed by atoms with van der Waals surface area (Å²) < 4.78 is 5.18. The second-order valence-electron chi connectivity index (χ2n) is 5.29. The molecule has 2 rings (SSSR count). The third kappa shape index (κ3) is 3.89. The molecule has 0 N–H and O–H groups in total. The molecule has 0 aliphatic carbocycles. The van der Waals surface area contributed by atoms with Crippen molar-refractivity contribution in [3.05, 3.63) is 35.4 Å². The molecule has 106 valence electrons. The minimum Gasteiger partial charge on any atom is -0.384 e. The van der Waals surface area contributed by atoms with Crippen molar-refractivity contribution in [2.75, 3.05) is 33.4 Å². The van der Waals surface area contributed by atoms with Gasteiger partial charge in [0.1, 0.15) is 0 Å². The second kappa shape index (κ2) is 7.18. The van der Waals surface area contributed by atoms with Crippen LogP contribution in [0.2, 0.25) is 0 Å². The van der Waals surface area contributed by atoms with Gasteiger partial charge in [0.15, 0.2) is 5.78 Å². The summed E-state index contributed by atoms with van der Waals surface area (Å²) in [6, 6.07) is 8.91. The summed E-state index contributed by atoms with van der Waals surface area (Å²) in [6.45, 7) is 3.19. The van der Waals surface area contributed by atoms with Crippen molar-refractivity contribution in [1.29, 1.82) is 5.26 Å². The molecule has 1 aliphatic heterocycles. The quantitative estimate of drug-likeness (QED) is 0.770. The number of hydrogen-bond donors (Lipinski definition) is 0. The van der Waals surface area contributed by atoms with E-state index in [1.165, 1.54) is 0 Å². The van der Waals surface area contributed by atoms with Crippen molar-refractivity contribution in [3.63, 3.8) is 0 Å². The van der Waals surface area contributed by atoms with Crippen LogP contribution in [0.3, 0.4) is 0 Å². The predicted octanol–water partition coefficient (Wildman–Crippen LogP) is 2.10. The number of nitrogens with zero attached hydrogens (tertiary/aromatic N) is 2. The molecule has 1 aliphatic rings. The lowest BCUT2D eigenvalue weighted by Crippen LogP contribution is -2.38. The lowest BCUT2D eigenvalue weighted by Gasteiger charge is -2.31. The minimum atomic E-state index is 0.125. The number of hydrogen-bond acceptors (Lipinski definition) is 4. The standard InChI is InChI=1S/C16H20N2O2/c1-20-12-14-6-8-18(9-7-14)11-16(19)15-4-2-13(10-17)3-5-15/h2-5,14H,6-9,11-12H2,1H3. The Hall–Kier alpha value is -1.70. The van der Waals surface area contributed by atoms with Gasteiger partial charge in [-0.25, -0.2) is 0 Å². The number of nitriles is 1. The summed E-state index contributed by atoms with van der Waals surface area (Å²) in [5, 5.41) is 8.74. The van der Waals surface area contributed by atoms with Gasteiger partial charge in [-0.05, 0) is 44.0 Å². The van der Waals surface area contributed by atoms with Gasteiger partial charge in [-0.1, -0.05) is 12.1 Å². The van der Waals surface area contributed by atoms with E-state index < -0.39 is 0 Å². The first-order valence-electron chi connectivity index (χ1n) is 6.97. The number of methoxy groups -OCH3 is 1. The zero-order valence-electron chi connectivity index (χ0n) is 11.8. The van der Waals surface area contributed by atoms with Crippen molar-refractivity contribution in [2.24, 2.45) is 5.92 Å². The van der Waals surface area contributed by atoms with E-state index in [0.29, 0.717) is 23.6 Å². The monoisotopic (exact) mass is 272 g/mol. The van der Waals surface area contributed by atoms with E-state index in [0.717, 1.165) is 32.5 Å². The molecule has 0 atom stereocenters. The zero-order valence-corrected chi connectivity index (χ0v) is 11.8. The van der Waals surface area contributed by atoms with Gasteiger partial charge in [-0.15, -0.1) is 0 Å². The van der Waals surface area contributed by atoms with Crippen LogP contribution in [-0.4, -0.2) is 44.0 Å². The zero-order chi connectivity index (χ0) is 14.4. The topological polar surface area (TPSA) is 53.3 Å². The average molecular weight is 272 g/mol. The van der Waals surface area contributed by atoms with Crippen LogP contribution in [0.25, 0.3) is 0 Å². The molecule has 1 aromatic rings. The van der Waals surface area contributed by atoms with Gasteiger partial charge in [-0.3, -0.25) is 9.69 Å². The Kier molecular flexibility index (Phi) is 5.28. The van der Waals surface area contributed by atoms with Crippen molar-refractivity contribution in [3.8, 4) is 6.07 Å². The Morgan fingerprint density at radius 1 is 1.35 bits per heavy atom. The van der Waals surface area contributed by atoms with Gasteiger partial charge in [-0.2, -0.15) is 5.26 Å². The molecular formula is C16H20N2O2.